The van der Waals surface area contributed by atoms with Gasteiger partial charge in [0.1, 0.15) is 16.2 Å². The molecule has 4 heteroatoms. The highest BCUT2D eigenvalue weighted by atomic mass is 32.2. The van der Waals surface area contributed by atoms with E-state index in [-0.39, 0.29) is 0 Å². The molecule has 23 heavy (non-hydrogen) atoms. The average molecular weight is 334 g/mol. The van der Waals surface area contributed by atoms with Crippen LogP contribution < -0.4 is 0 Å². The summed E-state index contributed by atoms with van der Waals surface area (Å²) in [6.07, 6.45) is 1.67. The Bertz CT molecular complexity index is 918. The van der Waals surface area contributed by atoms with Crippen LogP contribution >= 0.6 is 23.1 Å². The molecule has 2 aromatic heterocycles. The third-order valence-corrected chi connectivity index (χ3v) is 5.59. The molecule has 0 atom stereocenters. The van der Waals surface area contributed by atoms with Crippen LogP contribution in [0, 0.1) is 0 Å². The van der Waals surface area contributed by atoms with E-state index in [0.717, 1.165) is 15.6 Å². The fourth-order valence-corrected chi connectivity index (χ4v) is 4.46. The zero-order chi connectivity index (χ0) is 15.5. The smallest absolute Gasteiger partial charge is 0.128 e. The molecule has 0 aliphatic carbocycles. The summed E-state index contributed by atoms with van der Waals surface area (Å²) < 4.78 is 0. The lowest BCUT2D eigenvalue weighted by Gasteiger charge is -2.05. The highest BCUT2D eigenvalue weighted by Crippen LogP contribution is 2.38. The number of hydrogen-bond donors (Lipinski definition) is 0. The first-order chi connectivity index (χ1) is 11.4. The number of thioether (sulfide) groups is 1. The Morgan fingerprint density at radius 2 is 1.61 bits per heavy atom. The molecule has 0 bridgehead atoms. The highest BCUT2D eigenvalue weighted by molar-refractivity contribution is 7.98. The van der Waals surface area contributed by atoms with Gasteiger partial charge in [-0.25, -0.2) is 9.97 Å². The molecule has 0 N–H and O–H groups in total. The third-order valence-electron chi connectivity index (χ3n) is 3.64. The van der Waals surface area contributed by atoms with Crippen molar-refractivity contribution in [1.82, 2.24) is 9.97 Å². The summed E-state index contributed by atoms with van der Waals surface area (Å²) in [7, 11) is 0. The topological polar surface area (TPSA) is 25.8 Å². The van der Waals surface area contributed by atoms with Gasteiger partial charge in [0, 0.05) is 16.7 Å². The van der Waals surface area contributed by atoms with E-state index in [9.17, 15) is 0 Å². The van der Waals surface area contributed by atoms with Crippen molar-refractivity contribution in [3.63, 3.8) is 0 Å². The van der Waals surface area contributed by atoms with Crippen LogP contribution in [0.25, 0.3) is 21.3 Å². The second kappa shape index (κ2) is 6.52. The standard InChI is InChI=1S/C19H14N2S2/c1-3-7-14(8-4-1)11-22-18-17-16(15-9-5-2-6-10-15)12-23-19(17)21-13-20-18/h1-10,12-13H,11H2. The van der Waals surface area contributed by atoms with Crippen molar-refractivity contribution in [3.05, 3.63) is 77.9 Å². The number of benzene rings is 2. The fourth-order valence-electron chi connectivity index (χ4n) is 2.51. The largest absolute Gasteiger partial charge is 0.229 e. The van der Waals surface area contributed by atoms with Gasteiger partial charge in [0.2, 0.25) is 0 Å². The van der Waals surface area contributed by atoms with Crippen molar-refractivity contribution >= 4 is 33.3 Å². The number of fused-ring (bicyclic) bond motifs is 1. The van der Waals surface area contributed by atoms with Gasteiger partial charge in [-0.2, -0.15) is 0 Å². The first-order valence-corrected chi connectivity index (χ1v) is 9.23. The molecule has 0 saturated carbocycles. The van der Waals surface area contributed by atoms with Gasteiger partial charge >= 0.3 is 0 Å². The van der Waals surface area contributed by atoms with Crippen LogP contribution in [0.1, 0.15) is 5.56 Å². The molecular formula is C19H14N2S2. The lowest BCUT2D eigenvalue weighted by molar-refractivity contribution is 1.11. The van der Waals surface area contributed by atoms with Gasteiger partial charge in [-0.05, 0) is 11.1 Å². The molecule has 0 aliphatic rings. The fraction of sp³-hybridized carbons (Fsp3) is 0.0526. The van der Waals surface area contributed by atoms with Gasteiger partial charge in [0.15, 0.2) is 0 Å². The van der Waals surface area contributed by atoms with Gasteiger partial charge in [-0.3, -0.25) is 0 Å². The lowest BCUT2D eigenvalue weighted by Crippen LogP contribution is -1.87. The Balaban J connectivity index is 1.73. The quantitative estimate of drug-likeness (QED) is 0.356. The normalized spacial score (nSPS) is 11.0. The van der Waals surface area contributed by atoms with Crippen LogP contribution in [0.2, 0.25) is 0 Å². The van der Waals surface area contributed by atoms with Crippen LogP contribution in [0.5, 0.6) is 0 Å². The molecule has 4 rings (SSSR count). The summed E-state index contributed by atoms with van der Waals surface area (Å²) in [6, 6.07) is 21.0. The Labute approximate surface area is 143 Å². The number of aromatic nitrogens is 2. The number of thiophene rings is 1. The summed E-state index contributed by atoms with van der Waals surface area (Å²) in [5.74, 6) is 0.914. The molecule has 2 heterocycles. The minimum atomic E-state index is 0.914. The minimum Gasteiger partial charge on any atom is -0.229 e. The summed E-state index contributed by atoms with van der Waals surface area (Å²) in [6.45, 7) is 0. The molecule has 0 spiro atoms. The molecule has 0 radical (unpaired) electrons. The van der Waals surface area contributed by atoms with E-state index in [2.05, 4.69) is 63.9 Å². The average Bonchev–Trinajstić information content (AvgIpc) is 3.06. The molecule has 0 amide bonds. The zero-order valence-electron chi connectivity index (χ0n) is 12.3. The SMILES string of the molecule is c1ccc(CSc2ncnc3scc(-c4ccccc4)c23)cc1. The van der Waals surface area contributed by atoms with Gasteiger partial charge in [0.25, 0.3) is 0 Å². The van der Waals surface area contributed by atoms with E-state index in [4.69, 9.17) is 0 Å². The zero-order valence-corrected chi connectivity index (χ0v) is 14.0. The Morgan fingerprint density at radius 3 is 2.39 bits per heavy atom. The maximum Gasteiger partial charge on any atom is 0.128 e. The molecule has 2 aromatic carbocycles. The van der Waals surface area contributed by atoms with Crippen LogP contribution in [0.3, 0.4) is 0 Å². The molecule has 0 aliphatic heterocycles. The minimum absolute atomic E-state index is 0.914. The van der Waals surface area contributed by atoms with E-state index in [0.29, 0.717) is 0 Å². The molecular weight excluding hydrogens is 320 g/mol. The van der Waals surface area contributed by atoms with Crippen molar-refractivity contribution in [2.24, 2.45) is 0 Å². The number of hydrogen-bond acceptors (Lipinski definition) is 4. The maximum atomic E-state index is 4.54. The summed E-state index contributed by atoms with van der Waals surface area (Å²) in [5.41, 5.74) is 3.75. The van der Waals surface area contributed by atoms with Gasteiger partial charge in [-0.15, -0.1) is 23.1 Å². The predicted octanol–water partition coefficient (Wildman–Crippen LogP) is 5.65. The summed E-state index contributed by atoms with van der Waals surface area (Å²) in [4.78, 5) is 10.0. The molecule has 2 nitrogen and oxygen atoms in total. The second-order valence-electron chi connectivity index (χ2n) is 5.15. The van der Waals surface area contributed by atoms with Crippen LogP contribution in [0.15, 0.2) is 77.4 Å². The maximum absolute atomic E-state index is 4.54. The van der Waals surface area contributed by atoms with Crippen molar-refractivity contribution < 1.29 is 0 Å². The van der Waals surface area contributed by atoms with Gasteiger partial charge in [0.05, 0.1) is 5.39 Å². The van der Waals surface area contributed by atoms with Gasteiger partial charge < -0.3 is 0 Å². The van der Waals surface area contributed by atoms with Crippen LogP contribution in [-0.2, 0) is 5.75 Å². The van der Waals surface area contributed by atoms with E-state index < -0.39 is 0 Å². The monoisotopic (exact) mass is 334 g/mol. The Hall–Kier alpha value is -2.17. The first kappa shape index (κ1) is 14.4. The van der Waals surface area contributed by atoms with Crippen molar-refractivity contribution in [2.75, 3.05) is 0 Å². The summed E-state index contributed by atoms with van der Waals surface area (Å²) >= 11 is 3.45. The molecule has 0 fully saturated rings. The van der Waals surface area contributed by atoms with E-state index in [1.807, 2.05) is 12.1 Å². The van der Waals surface area contributed by atoms with Crippen molar-refractivity contribution in [3.8, 4) is 11.1 Å². The molecule has 0 saturated heterocycles. The number of nitrogens with zero attached hydrogens (tertiary/aromatic N) is 2. The Kier molecular flexibility index (Phi) is 4.09. The lowest BCUT2D eigenvalue weighted by atomic mass is 10.1. The predicted molar refractivity (Wildman–Crippen MR) is 98.9 cm³/mol. The molecule has 0 unspecified atom stereocenters. The van der Waals surface area contributed by atoms with Crippen LogP contribution in [0.4, 0.5) is 0 Å². The van der Waals surface area contributed by atoms with Crippen molar-refractivity contribution in [1.29, 1.82) is 0 Å². The summed E-state index contributed by atoms with van der Waals surface area (Å²) in [5, 5.41) is 4.41. The Morgan fingerprint density at radius 1 is 0.870 bits per heavy atom. The van der Waals surface area contributed by atoms with Crippen molar-refractivity contribution in [2.45, 2.75) is 10.8 Å². The van der Waals surface area contributed by atoms with Gasteiger partial charge in [-0.1, -0.05) is 60.7 Å². The molecule has 112 valence electrons. The second-order valence-corrected chi connectivity index (χ2v) is 6.97. The highest BCUT2D eigenvalue weighted by Gasteiger charge is 2.13. The van der Waals surface area contributed by atoms with Crippen LogP contribution in [-0.4, -0.2) is 9.97 Å². The number of rotatable bonds is 4. The first-order valence-electron chi connectivity index (χ1n) is 7.36. The van der Waals surface area contributed by atoms with E-state index >= 15 is 0 Å². The van der Waals surface area contributed by atoms with E-state index in [1.54, 1.807) is 29.4 Å². The van der Waals surface area contributed by atoms with E-state index in [1.165, 1.54) is 22.1 Å². The molecule has 4 aromatic rings. The third kappa shape index (κ3) is 3.00.